The van der Waals surface area contributed by atoms with Gasteiger partial charge in [0.15, 0.2) is 0 Å². The van der Waals surface area contributed by atoms with Crippen LogP contribution in [0, 0.1) is 0 Å². The molecule has 0 radical (unpaired) electrons. The first-order valence-corrected chi connectivity index (χ1v) is 9.63. The summed E-state index contributed by atoms with van der Waals surface area (Å²) in [5.74, 6) is 2.14. The van der Waals surface area contributed by atoms with Crippen LogP contribution in [-0.4, -0.2) is 47.0 Å². The van der Waals surface area contributed by atoms with E-state index in [1.54, 1.807) is 7.11 Å². The van der Waals surface area contributed by atoms with Gasteiger partial charge in [-0.25, -0.2) is 0 Å². The molecule has 1 aliphatic heterocycles. The number of carbonyl (C=O) groups is 1. The molecular formula is C18H23N3O3S. The zero-order valence-corrected chi connectivity index (χ0v) is 15.3. The van der Waals surface area contributed by atoms with Gasteiger partial charge in [-0.15, -0.1) is 10.2 Å². The lowest BCUT2D eigenvalue weighted by Gasteiger charge is -2.19. The standard InChI is InChI=1S/C18H23N3O3S/c1-23-15-8-6-14(7-9-15)17-19-20-18(24-17)25-13-10-16(22)21-11-4-2-3-5-12-21/h6-9H,2-5,10-13H2,1H3. The molecule has 0 atom stereocenters. The van der Waals surface area contributed by atoms with Crippen LogP contribution in [0.1, 0.15) is 32.1 Å². The van der Waals surface area contributed by atoms with Gasteiger partial charge in [0.2, 0.25) is 11.8 Å². The number of ether oxygens (including phenoxy) is 1. The highest BCUT2D eigenvalue weighted by Gasteiger charge is 2.16. The Hall–Kier alpha value is -2.02. The molecule has 1 fully saturated rings. The number of amides is 1. The molecule has 0 aliphatic carbocycles. The van der Waals surface area contributed by atoms with Crippen molar-refractivity contribution in [2.24, 2.45) is 0 Å². The van der Waals surface area contributed by atoms with E-state index in [1.807, 2.05) is 29.2 Å². The van der Waals surface area contributed by atoms with Gasteiger partial charge in [-0.1, -0.05) is 24.6 Å². The van der Waals surface area contributed by atoms with E-state index in [-0.39, 0.29) is 5.91 Å². The van der Waals surface area contributed by atoms with E-state index >= 15 is 0 Å². The molecule has 7 heteroatoms. The maximum absolute atomic E-state index is 12.3. The molecule has 2 aromatic rings. The van der Waals surface area contributed by atoms with Crippen molar-refractivity contribution in [2.45, 2.75) is 37.3 Å². The van der Waals surface area contributed by atoms with Crippen molar-refractivity contribution < 1.29 is 13.9 Å². The number of benzene rings is 1. The van der Waals surface area contributed by atoms with Gasteiger partial charge in [0.25, 0.3) is 5.22 Å². The van der Waals surface area contributed by atoms with Gasteiger partial charge in [0.05, 0.1) is 7.11 Å². The second-order valence-corrected chi connectivity index (χ2v) is 7.04. The Morgan fingerprint density at radius 1 is 1.16 bits per heavy atom. The molecule has 0 unspecified atom stereocenters. The van der Waals surface area contributed by atoms with E-state index in [2.05, 4.69) is 10.2 Å². The Balaban J connectivity index is 1.48. The number of carbonyl (C=O) groups excluding carboxylic acids is 1. The van der Waals surface area contributed by atoms with Gasteiger partial charge in [-0.2, -0.15) is 0 Å². The molecule has 1 aromatic heterocycles. The van der Waals surface area contributed by atoms with Crippen LogP contribution in [0.2, 0.25) is 0 Å². The van der Waals surface area contributed by atoms with Crippen molar-refractivity contribution in [3.8, 4) is 17.2 Å². The van der Waals surface area contributed by atoms with Crippen LogP contribution in [-0.2, 0) is 4.79 Å². The molecule has 0 spiro atoms. The quantitative estimate of drug-likeness (QED) is 0.732. The Morgan fingerprint density at radius 3 is 2.56 bits per heavy atom. The molecule has 0 saturated carbocycles. The number of thioether (sulfide) groups is 1. The number of rotatable bonds is 6. The predicted octanol–water partition coefficient (Wildman–Crippen LogP) is 3.63. The molecular weight excluding hydrogens is 338 g/mol. The average Bonchev–Trinajstić information content (AvgIpc) is 2.94. The van der Waals surface area contributed by atoms with E-state index in [1.165, 1.54) is 24.6 Å². The Bertz CT molecular complexity index is 679. The first-order chi connectivity index (χ1) is 12.3. The fraction of sp³-hybridized carbons (Fsp3) is 0.500. The van der Waals surface area contributed by atoms with Crippen LogP contribution in [0.25, 0.3) is 11.5 Å². The van der Waals surface area contributed by atoms with Gasteiger partial charge < -0.3 is 14.1 Å². The number of likely N-dealkylation sites (tertiary alicyclic amines) is 1. The lowest BCUT2D eigenvalue weighted by Crippen LogP contribution is -2.31. The van der Waals surface area contributed by atoms with E-state index in [0.717, 1.165) is 37.2 Å². The Kier molecular flexibility index (Phi) is 6.33. The minimum atomic E-state index is 0.226. The third-order valence-corrected chi connectivity index (χ3v) is 5.06. The highest BCUT2D eigenvalue weighted by atomic mass is 32.2. The molecule has 6 nitrogen and oxygen atoms in total. The van der Waals surface area contributed by atoms with E-state index in [4.69, 9.17) is 9.15 Å². The van der Waals surface area contributed by atoms with E-state index < -0.39 is 0 Å². The van der Waals surface area contributed by atoms with Crippen molar-refractivity contribution in [1.82, 2.24) is 15.1 Å². The number of aromatic nitrogens is 2. The maximum Gasteiger partial charge on any atom is 0.276 e. The second kappa shape index (κ2) is 8.89. The van der Waals surface area contributed by atoms with Crippen molar-refractivity contribution in [3.05, 3.63) is 24.3 Å². The lowest BCUT2D eigenvalue weighted by molar-refractivity contribution is -0.130. The van der Waals surface area contributed by atoms with Gasteiger partial charge in [0.1, 0.15) is 5.75 Å². The zero-order chi connectivity index (χ0) is 17.5. The molecule has 0 bridgehead atoms. The van der Waals surface area contributed by atoms with Crippen LogP contribution in [0.5, 0.6) is 5.75 Å². The molecule has 1 aromatic carbocycles. The highest BCUT2D eigenvalue weighted by Crippen LogP contribution is 2.25. The first kappa shape index (κ1) is 17.8. The Labute approximate surface area is 151 Å². The van der Waals surface area contributed by atoms with Gasteiger partial charge in [0, 0.05) is 30.8 Å². The number of methoxy groups -OCH3 is 1. The lowest BCUT2D eigenvalue weighted by atomic mass is 10.2. The number of hydrogen-bond acceptors (Lipinski definition) is 6. The van der Waals surface area contributed by atoms with Gasteiger partial charge in [-0.3, -0.25) is 4.79 Å². The summed E-state index contributed by atoms with van der Waals surface area (Å²) >= 11 is 1.43. The number of nitrogens with zero attached hydrogens (tertiary/aromatic N) is 3. The third-order valence-electron chi connectivity index (χ3n) is 4.24. The fourth-order valence-electron chi connectivity index (χ4n) is 2.82. The molecule has 134 valence electrons. The minimum Gasteiger partial charge on any atom is -0.497 e. The van der Waals surface area contributed by atoms with Crippen molar-refractivity contribution in [1.29, 1.82) is 0 Å². The van der Waals surface area contributed by atoms with Crippen molar-refractivity contribution in [2.75, 3.05) is 26.0 Å². The van der Waals surface area contributed by atoms with Crippen LogP contribution in [0.4, 0.5) is 0 Å². The molecule has 1 saturated heterocycles. The van der Waals surface area contributed by atoms with Crippen LogP contribution in [0.3, 0.4) is 0 Å². The summed E-state index contributed by atoms with van der Waals surface area (Å²) in [6.45, 7) is 1.79. The van der Waals surface area contributed by atoms with Gasteiger partial charge in [-0.05, 0) is 37.1 Å². The summed E-state index contributed by atoms with van der Waals surface area (Å²) in [7, 11) is 1.63. The smallest absolute Gasteiger partial charge is 0.276 e. The molecule has 3 rings (SSSR count). The molecule has 25 heavy (non-hydrogen) atoms. The SMILES string of the molecule is COc1ccc(-c2nnc(SCCC(=O)N3CCCCCC3)o2)cc1. The summed E-state index contributed by atoms with van der Waals surface area (Å²) in [4.78, 5) is 14.3. The van der Waals surface area contributed by atoms with E-state index in [9.17, 15) is 4.79 Å². The zero-order valence-electron chi connectivity index (χ0n) is 14.4. The predicted molar refractivity (Wildman–Crippen MR) is 96.7 cm³/mol. The molecule has 1 amide bonds. The fourth-order valence-corrected chi connectivity index (χ4v) is 3.51. The summed E-state index contributed by atoms with van der Waals surface area (Å²) in [6, 6.07) is 7.46. The van der Waals surface area contributed by atoms with Crippen molar-refractivity contribution >= 4 is 17.7 Å². The molecule has 1 aliphatic rings. The maximum atomic E-state index is 12.3. The highest BCUT2D eigenvalue weighted by molar-refractivity contribution is 7.99. The van der Waals surface area contributed by atoms with E-state index in [0.29, 0.717) is 23.3 Å². The Morgan fingerprint density at radius 2 is 1.88 bits per heavy atom. The summed E-state index contributed by atoms with van der Waals surface area (Å²) in [5, 5.41) is 8.61. The second-order valence-electron chi connectivity index (χ2n) is 6.00. The average molecular weight is 361 g/mol. The number of hydrogen-bond donors (Lipinski definition) is 0. The third kappa shape index (κ3) is 4.98. The van der Waals surface area contributed by atoms with Crippen LogP contribution < -0.4 is 4.74 Å². The largest absolute Gasteiger partial charge is 0.497 e. The molecule has 2 heterocycles. The minimum absolute atomic E-state index is 0.226. The van der Waals surface area contributed by atoms with Crippen LogP contribution in [0.15, 0.2) is 33.9 Å². The summed E-state index contributed by atoms with van der Waals surface area (Å²) < 4.78 is 10.8. The van der Waals surface area contributed by atoms with Crippen molar-refractivity contribution in [3.63, 3.8) is 0 Å². The van der Waals surface area contributed by atoms with Crippen LogP contribution >= 0.6 is 11.8 Å². The summed E-state index contributed by atoms with van der Waals surface area (Å²) in [6.07, 6.45) is 5.20. The molecule has 0 N–H and O–H groups in total. The summed E-state index contributed by atoms with van der Waals surface area (Å²) in [5.41, 5.74) is 0.848. The first-order valence-electron chi connectivity index (χ1n) is 8.65. The topological polar surface area (TPSA) is 68.5 Å². The normalized spacial score (nSPS) is 15.0. The van der Waals surface area contributed by atoms with Gasteiger partial charge >= 0.3 is 0 Å². The monoisotopic (exact) mass is 361 g/mol.